The first kappa shape index (κ1) is 17.5. The van der Waals surface area contributed by atoms with Gasteiger partial charge >= 0.3 is 6.36 Å². The molecule has 0 fully saturated rings. The number of rotatable bonds is 3. The minimum atomic E-state index is -4.74. The van der Waals surface area contributed by atoms with Crippen LogP contribution in [0, 0.1) is 0 Å². The molecule has 4 nitrogen and oxygen atoms in total. The van der Waals surface area contributed by atoms with Gasteiger partial charge in [-0.3, -0.25) is 0 Å². The molecule has 2 aromatic carbocycles. The van der Waals surface area contributed by atoms with Gasteiger partial charge in [0.1, 0.15) is 17.2 Å². The van der Waals surface area contributed by atoms with E-state index in [9.17, 15) is 13.2 Å². The Morgan fingerprint density at radius 3 is 2.59 bits per heavy atom. The van der Waals surface area contributed by atoms with Gasteiger partial charge in [0.2, 0.25) is 0 Å². The van der Waals surface area contributed by atoms with Crippen molar-refractivity contribution in [1.29, 1.82) is 0 Å². The molecule has 8 heteroatoms. The van der Waals surface area contributed by atoms with E-state index in [1.807, 2.05) is 18.2 Å². The molecule has 0 aliphatic heterocycles. The number of aromatic amines is 1. The summed E-state index contributed by atoms with van der Waals surface area (Å²) in [5, 5.41) is 1.86. The first-order valence-corrected chi connectivity index (χ1v) is 8.24. The highest BCUT2D eigenvalue weighted by Gasteiger charge is 2.31. The number of aromatic nitrogens is 2. The van der Waals surface area contributed by atoms with Crippen LogP contribution in [0.5, 0.6) is 11.5 Å². The lowest BCUT2D eigenvalue weighted by atomic mass is 10.1. The Labute approximate surface area is 156 Å². The Kier molecular flexibility index (Phi) is 4.11. The van der Waals surface area contributed by atoms with Gasteiger partial charge in [0, 0.05) is 16.3 Å². The molecule has 4 aromatic rings. The summed E-state index contributed by atoms with van der Waals surface area (Å²) in [5.41, 5.74) is 2.35. The number of ether oxygens (including phenoxy) is 2. The number of H-pyrrole nitrogens is 1. The zero-order valence-electron chi connectivity index (χ0n) is 13.9. The van der Waals surface area contributed by atoms with Crippen molar-refractivity contribution < 1.29 is 22.6 Å². The number of fused-ring (bicyclic) bond motifs is 2. The predicted octanol–water partition coefficient (Wildman–Crippen LogP) is 5.94. The van der Waals surface area contributed by atoms with Gasteiger partial charge in [-0.15, -0.1) is 13.2 Å². The maximum atomic E-state index is 12.4. The van der Waals surface area contributed by atoms with Crippen LogP contribution in [0.15, 0.2) is 48.5 Å². The van der Waals surface area contributed by atoms with Crippen LogP contribution < -0.4 is 9.47 Å². The molecule has 1 N–H and O–H groups in total. The topological polar surface area (TPSA) is 47.1 Å². The molecule has 0 spiro atoms. The molecule has 0 bridgehead atoms. The fourth-order valence-electron chi connectivity index (χ4n) is 2.93. The number of halogens is 4. The van der Waals surface area contributed by atoms with Crippen LogP contribution in [0.25, 0.3) is 33.2 Å². The van der Waals surface area contributed by atoms with Crippen molar-refractivity contribution >= 4 is 33.4 Å². The summed E-state index contributed by atoms with van der Waals surface area (Å²) >= 11 is 6.24. The lowest BCUT2D eigenvalue weighted by molar-refractivity contribution is -0.274. The molecule has 2 aromatic heterocycles. The van der Waals surface area contributed by atoms with Crippen LogP contribution in [0.1, 0.15) is 0 Å². The van der Waals surface area contributed by atoms with Crippen molar-refractivity contribution in [2.45, 2.75) is 6.36 Å². The average Bonchev–Trinajstić information content (AvgIpc) is 3.02. The lowest BCUT2D eigenvalue weighted by Crippen LogP contribution is -2.16. The number of methoxy groups -OCH3 is 1. The average molecular weight is 393 g/mol. The van der Waals surface area contributed by atoms with Crippen LogP contribution in [0.4, 0.5) is 13.2 Å². The third-order valence-corrected chi connectivity index (χ3v) is 4.37. The number of nitrogens with one attached hydrogen (secondary N) is 1. The number of hydrogen-bond acceptors (Lipinski definition) is 3. The van der Waals surface area contributed by atoms with Crippen molar-refractivity contribution in [1.82, 2.24) is 9.97 Å². The molecule has 138 valence electrons. The fourth-order valence-corrected chi connectivity index (χ4v) is 3.15. The van der Waals surface area contributed by atoms with Crippen LogP contribution in [0.3, 0.4) is 0 Å². The van der Waals surface area contributed by atoms with Crippen molar-refractivity contribution in [3.05, 3.63) is 53.6 Å². The van der Waals surface area contributed by atoms with E-state index in [1.54, 1.807) is 12.1 Å². The summed E-state index contributed by atoms with van der Waals surface area (Å²) in [6.07, 6.45) is -4.74. The molecule has 0 atom stereocenters. The first-order valence-electron chi connectivity index (χ1n) is 7.86. The second-order valence-electron chi connectivity index (χ2n) is 5.83. The minimum Gasteiger partial charge on any atom is -0.494 e. The van der Waals surface area contributed by atoms with Crippen LogP contribution in [-0.4, -0.2) is 23.4 Å². The Bertz CT molecular complexity index is 1160. The van der Waals surface area contributed by atoms with E-state index in [0.717, 1.165) is 5.39 Å². The summed E-state index contributed by atoms with van der Waals surface area (Å²) < 4.78 is 46.7. The molecule has 4 rings (SSSR count). The molecule has 0 radical (unpaired) electrons. The van der Waals surface area contributed by atoms with Crippen LogP contribution in [-0.2, 0) is 0 Å². The number of benzene rings is 2. The smallest absolute Gasteiger partial charge is 0.494 e. The second kappa shape index (κ2) is 6.35. The van der Waals surface area contributed by atoms with Crippen molar-refractivity contribution in [2.24, 2.45) is 0 Å². The Hall–Kier alpha value is -2.93. The number of pyridine rings is 1. The van der Waals surface area contributed by atoms with Gasteiger partial charge in [-0.05, 0) is 36.4 Å². The molecule has 0 aliphatic carbocycles. The third-order valence-electron chi connectivity index (χ3n) is 4.06. The largest absolute Gasteiger partial charge is 0.573 e. The lowest BCUT2D eigenvalue weighted by Gasteiger charge is -2.09. The van der Waals surface area contributed by atoms with Crippen molar-refractivity contribution in [2.75, 3.05) is 7.11 Å². The highest BCUT2D eigenvalue weighted by molar-refractivity contribution is 6.35. The van der Waals surface area contributed by atoms with Gasteiger partial charge < -0.3 is 14.5 Å². The quantitative estimate of drug-likeness (QED) is 0.469. The summed E-state index contributed by atoms with van der Waals surface area (Å²) in [6, 6.07) is 13.0. The van der Waals surface area contributed by atoms with Crippen LogP contribution >= 0.6 is 11.6 Å². The SMILES string of the molecule is COc1cc2cccc(Cl)c2nc1-c1cc2cc(OC(F)(F)F)ccc2[nH]1. The molecule has 2 heterocycles. The molecule has 0 saturated heterocycles. The summed E-state index contributed by atoms with van der Waals surface area (Å²) in [6.45, 7) is 0. The number of alkyl halides is 3. The Morgan fingerprint density at radius 1 is 1.04 bits per heavy atom. The summed E-state index contributed by atoms with van der Waals surface area (Å²) in [5.74, 6) is 0.227. The summed E-state index contributed by atoms with van der Waals surface area (Å²) in [4.78, 5) is 7.73. The maximum absolute atomic E-state index is 12.4. The standard InChI is InChI=1S/C19H12ClF3N2O2/c1-26-16-9-10-3-2-4-13(20)17(10)25-18(16)15-8-11-7-12(27-19(21,22)23)5-6-14(11)24-15/h2-9,24H,1H3. The highest BCUT2D eigenvalue weighted by Crippen LogP contribution is 2.35. The van der Waals surface area contributed by atoms with Gasteiger partial charge in [0.25, 0.3) is 0 Å². The zero-order chi connectivity index (χ0) is 19.2. The molecular weight excluding hydrogens is 381 g/mol. The Morgan fingerprint density at radius 2 is 1.85 bits per heavy atom. The molecule has 27 heavy (non-hydrogen) atoms. The van der Waals surface area contributed by atoms with E-state index in [2.05, 4.69) is 14.7 Å². The fraction of sp³-hybridized carbons (Fsp3) is 0.105. The minimum absolute atomic E-state index is 0.290. The molecule has 0 saturated carbocycles. The van der Waals surface area contributed by atoms with Crippen LogP contribution in [0.2, 0.25) is 5.02 Å². The number of para-hydroxylation sites is 1. The maximum Gasteiger partial charge on any atom is 0.573 e. The predicted molar refractivity (Wildman–Crippen MR) is 97.3 cm³/mol. The van der Waals surface area contributed by atoms with E-state index >= 15 is 0 Å². The van der Waals surface area contributed by atoms with E-state index in [0.29, 0.717) is 38.6 Å². The van der Waals surface area contributed by atoms with Gasteiger partial charge in [0.05, 0.1) is 23.3 Å². The monoisotopic (exact) mass is 392 g/mol. The van der Waals surface area contributed by atoms with E-state index in [4.69, 9.17) is 16.3 Å². The second-order valence-corrected chi connectivity index (χ2v) is 6.24. The number of nitrogens with zero attached hydrogens (tertiary/aromatic N) is 1. The van der Waals surface area contributed by atoms with E-state index < -0.39 is 6.36 Å². The summed E-state index contributed by atoms with van der Waals surface area (Å²) in [7, 11) is 1.52. The first-order chi connectivity index (χ1) is 12.8. The molecule has 0 unspecified atom stereocenters. The zero-order valence-corrected chi connectivity index (χ0v) is 14.7. The normalized spacial score (nSPS) is 11.9. The highest BCUT2D eigenvalue weighted by atomic mass is 35.5. The van der Waals surface area contributed by atoms with Crippen molar-refractivity contribution in [3.8, 4) is 22.9 Å². The van der Waals surface area contributed by atoms with Crippen molar-refractivity contribution in [3.63, 3.8) is 0 Å². The van der Waals surface area contributed by atoms with Gasteiger partial charge in [0.15, 0.2) is 0 Å². The van der Waals surface area contributed by atoms with E-state index in [-0.39, 0.29) is 5.75 Å². The number of hydrogen-bond donors (Lipinski definition) is 1. The third kappa shape index (κ3) is 3.38. The van der Waals surface area contributed by atoms with E-state index in [1.165, 1.54) is 25.3 Å². The van der Waals surface area contributed by atoms with Gasteiger partial charge in [-0.25, -0.2) is 4.98 Å². The molecule has 0 aliphatic rings. The molecule has 0 amide bonds. The Balaban J connectivity index is 1.85. The van der Waals surface area contributed by atoms with Gasteiger partial charge in [-0.2, -0.15) is 0 Å². The van der Waals surface area contributed by atoms with Gasteiger partial charge in [-0.1, -0.05) is 23.7 Å². The molecular formula is C19H12ClF3N2O2.